The van der Waals surface area contributed by atoms with Crippen LogP contribution in [0, 0.1) is 0 Å². The van der Waals surface area contributed by atoms with Gasteiger partial charge in [-0.15, -0.1) is 0 Å². The molecule has 1 aromatic carbocycles. The molecule has 1 fully saturated rings. The van der Waals surface area contributed by atoms with Crippen molar-refractivity contribution >= 4 is 21.7 Å². The molecule has 0 aliphatic heterocycles. The second-order valence-electron chi connectivity index (χ2n) is 3.82. The highest BCUT2D eigenvalue weighted by Crippen LogP contribution is 2.30. The van der Waals surface area contributed by atoms with Crippen molar-refractivity contribution in [2.75, 3.05) is 0 Å². The molecule has 1 aliphatic carbocycles. The van der Waals surface area contributed by atoms with Gasteiger partial charge in [-0.1, -0.05) is 34.5 Å². The summed E-state index contributed by atoms with van der Waals surface area (Å²) in [4.78, 5) is 11.7. The summed E-state index contributed by atoms with van der Waals surface area (Å²) in [6.07, 6.45) is 4.06. The van der Waals surface area contributed by atoms with Gasteiger partial charge < -0.3 is 0 Å². The highest BCUT2D eigenvalue weighted by molar-refractivity contribution is 9.10. The largest absolute Gasteiger partial charge is 0.299 e. The molecule has 1 nitrogen and oxygen atoms in total. The fourth-order valence-corrected chi connectivity index (χ4v) is 2.29. The molecule has 0 N–H and O–H groups in total. The van der Waals surface area contributed by atoms with Crippen molar-refractivity contribution in [2.45, 2.75) is 31.6 Å². The third kappa shape index (κ3) is 2.06. The molecule has 0 unspecified atom stereocenters. The number of halogens is 1. The second kappa shape index (κ2) is 4.26. The normalized spacial score (nSPS) is 22.4. The first-order valence-electron chi connectivity index (χ1n) is 5.05. The van der Waals surface area contributed by atoms with Gasteiger partial charge in [0, 0.05) is 16.8 Å². The number of benzene rings is 1. The zero-order valence-corrected chi connectivity index (χ0v) is 9.59. The summed E-state index contributed by atoms with van der Waals surface area (Å²) in [7, 11) is 0. The van der Waals surface area contributed by atoms with Crippen LogP contribution in [0.5, 0.6) is 0 Å². The Morgan fingerprint density at radius 2 is 1.86 bits per heavy atom. The topological polar surface area (TPSA) is 17.1 Å². The van der Waals surface area contributed by atoms with Gasteiger partial charge in [-0.3, -0.25) is 4.79 Å². The predicted octanol–water partition coefficient (Wildman–Crippen LogP) is 3.68. The molecular formula is C12H13BrO. The molecule has 0 bridgehead atoms. The van der Waals surface area contributed by atoms with E-state index >= 15 is 0 Å². The molecule has 14 heavy (non-hydrogen) atoms. The number of hydrogen-bond donors (Lipinski definition) is 0. The zero-order valence-electron chi connectivity index (χ0n) is 8.00. The van der Waals surface area contributed by atoms with E-state index < -0.39 is 0 Å². The number of ketones is 1. The van der Waals surface area contributed by atoms with Crippen LogP contribution >= 0.6 is 15.9 Å². The molecule has 2 rings (SSSR count). The van der Waals surface area contributed by atoms with Gasteiger partial charge in [-0.05, 0) is 30.5 Å². The van der Waals surface area contributed by atoms with Crippen LogP contribution in [0.4, 0.5) is 0 Å². The summed E-state index contributed by atoms with van der Waals surface area (Å²) in [5, 5.41) is 0. The number of carbonyl (C=O) groups is 1. The summed E-state index contributed by atoms with van der Waals surface area (Å²) >= 11 is 3.40. The van der Waals surface area contributed by atoms with Crippen molar-refractivity contribution in [1.29, 1.82) is 0 Å². The zero-order chi connectivity index (χ0) is 9.97. The highest BCUT2D eigenvalue weighted by Gasteiger charge is 2.23. The third-order valence-corrected chi connectivity index (χ3v) is 3.36. The molecule has 1 aliphatic rings. The van der Waals surface area contributed by atoms with Gasteiger partial charge >= 0.3 is 0 Å². The lowest BCUT2D eigenvalue weighted by atomic mass is 9.83. The number of hydrogen-bond acceptors (Lipinski definition) is 1. The van der Waals surface area contributed by atoms with E-state index in [1.165, 1.54) is 12.0 Å². The minimum absolute atomic E-state index is 0.164. The van der Waals surface area contributed by atoms with E-state index in [1.54, 1.807) is 0 Å². The van der Waals surface area contributed by atoms with Gasteiger partial charge in [-0.25, -0.2) is 0 Å². The van der Waals surface area contributed by atoms with Crippen LogP contribution in [0.25, 0.3) is 0 Å². The fraction of sp³-hybridized carbons (Fsp3) is 0.417. The van der Waals surface area contributed by atoms with Gasteiger partial charge in [0.2, 0.25) is 0 Å². The molecular weight excluding hydrogens is 240 g/mol. The first-order chi connectivity index (χ1) is 6.77. The maximum atomic E-state index is 11.7. The Bertz CT molecular complexity index is 329. The quantitative estimate of drug-likeness (QED) is 0.746. The van der Waals surface area contributed by atoms with Crippen LogP contribution in [-0.2, 0) is 4.79 Å². The van der Waals surface area contributed by atoms with Gasteiger partial charge in [0.25, 0.3) is 0 Å². The molecule has 1 aromatic rings. The van der Waals surface area contributed by atoms with Crippen LogP contribution in [0.3, 0.4) is 0 Å². The number of Topliss-reactive ketones (excluding diaryl/α,β-unsaturated/α-hetero) is 1. The first kappa shape index (κ1) is 9.91. The average Bonchev–Trinajstić information content (AvgIpc) is 2.20. The van der Waals surface area contributed by atoms with E-state index in [1.807, 2.05) is 12.1 Å². The van der Waals surface area contributed by atoms with Crippen LogP contribution in [0.15, 0.2) is 28.7 Å². The van der Waals surface area contributed by atoms with E-state index in [0.717, 1.165) is 23.7 Å². The lowest BCUT2D eigenvalue weighted by molar-refractivity contribution is -0.121. The molecule has 1 atom stereocenters. The number of rotatable bonds is 1. The molecule has 0 aromatic heterocycles. The van der Waals surface area contributed by atoms with Crippen molar-refractivity contribution in [3.05, 3.63) is 34.3 Å². The van der Waals surface area contributed by atoms with E-state index in [-0.39, 0.29) is 5.92 Å². The van der Waals surface area contributed by atoms with Crippen LogP contribution < -0.4 is 0 Å². The molecule has 1 saturated carbocycles. The highest BCUT2D eigenvalue weighted by atomic mass is 79.9. The summed E-state index contributed by atoms with van der Waals surface area (Å²) in [6.45, 7) is 0. The minimum Gasteiger partial charge on any atom is -0.299 e. The summed E-state index contributed by atoms with van der Waals surface area (Å²) in [6, 6.07) is 8.13. The van der Waals surface area contributed by atoms with Crippen LogP contribution in [0.1, 0.15) is 37.2 Å². The van der Waals surface area contributed by atoms with E-state index in [4.69, 9.17) is 0 Å². The molecule has 0 heterocycles. The Morgan fingerprint density at radius 1 is 1.14 bits per heavy atom. The SMILES string of the molecule is O=C1CCCC[C@H]1c1ccc(Br)cc1. The molecule has 2 heteroatoms. The Kier molecular flexibility index (Phi) is 3.02. The smallest absolute Gasteiger partial charge is 0.140 e. The second-order valence-corrected chi connectivity index (χ2v) is 4.73. The van der Waals surface area contributed by atoms with E-state index in [0.29, 0.717) is 5.78 Å². The summed E-state index contributed by atoms with van der Waals surface area (Å²) in [5.41, 5.74) is 1.18. The monoisotopic (exact) mass is 252 g/mol. The molecule has 74 valence electrons. The maximum absolute atomic E-state index is 11.7. The van der Waals surface area contributed by atoms with Crippen molar-refractivity contribution < 1.29 is 4.79 Å². The molecule has 0 saturated heterocycles. The van der Waals surface area contributed by atoms with E-state index in [2.05, 4.69) is 28.1 Å². The number of carbonyl (C=O) groups excluding carboxylic acids is 1. The van der Waals surface area contributed by atoms with Gasteiger partial charge in [-0.2, -0.15) is 0 Å². The lowest BCUT2D eigenvalue weighted by Gasteiger charge is -2.20. The van der Waals surface area contributed by atoms with Crippen molar-refractivity contribution in [1.82, 2.24) is 0 Å². The molecule has 0 amide bonds. The van der Waals surface area contributed by atoms with E-state index in [9.17, 15) is 4.79 Å². The average molecular weight is 253 g/mol. The van der Waals surface area contributed by atoms with Gasteiger partial charge in [0.15, 0.2) is 0 Å². The van der Waals surface area contributed by atoms with Crippen molar-refractivity contribution in [2.24, 2.45) is 0 Å². The van der Waals surface area contributed by atoms with Crippen molar-refractivity contribution in [3.8, 4) is 0 Å². The Morgan fingerprint density at radius 3 is 2.50 bits per heavy atom. The van der Waals surface area contributed by atoms with Gasteiger partial charge in [0.05, 0.1) is 0 Å². The third-order valence-electron chi connectivity index (χ3n) is 2.83. The van der Waals surface area contributed by atoms with Gasteiger partial charge in [0.1, 0.15) is 5.78 Å². The molecule has 0 spiro atoms. The van der Waals surface area contributed by atoms with Crippen molar-refractivity contribution in [3.63, 3.8) is 0 Å². The first-order valence-corrected chi connectivity index (χ1v) is 5.85. The Labute approximate surface area is 92.6 Å². The minimum atomic E-state index is 0.164. The maximum Gasteiger partial charge on any atom is 0.140 e. The Balaban J connectivity index is 2.20. The van der Waals surface area contributed by atoms with Crippen LogP contribution in [-0.4, -0.2) is 5.78 Å². The standard InChI is InChI=1S/C12H13BrO/c13-10-7-5-9(6-8-10)11-3-1-2-4-12(11)14/h5-8,11H,1-4H2/t11-/m0/s1. The summed E-state index contributed by atoms with van der Waals surface area (Å²) < 4.78 is 1.07. The lowest BCUT2D eigenvalue weighted by Crippen LogP contribution is -2.16. The Hall–Kier alpha value is -0.630. The predicted molar refractivity (Wildman–Crippen MR) is 60.4 cm³/mol. The summed E-state index contributed by atoms with van der Waals surface area (Å²) in [5.74, 6) is 0.579. The fourth-order valence-electron chi connectivity index (χ4n) is 2.03. The molecule has 0 radical (unpaired) electrons. The van der Waals surface area contributed by atoms with Crippen LogP contribution in [0.2, 0.25) is 0 Å².